The van der Waals surface area contributed by atoms with Crippen molar-refractivity contribution in [2.24, 2.45) is 11.7 Å². The van der Waals surface area contributed by atoms with Crippen molar-refractivity contribution in [1.29, 1.82) is 0 Å². The lowest BCUT2D eigenvalue weighted by molar-refractivity contribution is 0.0944. The maximum atomic E-state index is 11.4. The molecule has 1 heterocycles. The van der Waals surface area contributed by atoms with Crippen molar-refractivity contribution in [3.05, 3.63) is 22.4 Å². The molecule has 0 aliphatic carbocycles. The lowest BCUT2D eigenvalue weighted by Crippen LogP contribution is -2.40. The average molecular weight is 212 g/mol. The number of nitrogens with two attached hydrogens (primary N) is 1. The van der Waals surface area contributed by atoms with Gasteiger partial charge in [-0.25, -0.2) is 4.79 Å². The molecule has 5 N–H and O–H groups in total. The number of hydrogen-bond donors (Lipinski definition) is 4. The molecule has 0 radical (unpaired) electrons. The normalized spacial score (nSPS) is 12.8. The Balaban J connectivity index is 2.47. The fourth-order valence-corrected chi connectivity index (χ4v) is 0.996. The van der Waals surface area contributed by atoms with Crippen LogP contribution in [0.2, 0.25) is 0 Å². The summed E-state index contributed by atoms with van der Waals surface area (Å²) in [7, 11) is 0. The van der Waals surface area contributed by atoms with Crippen LogP contribution in [0.15, 0.2) is 11.0 Å². The Morgan fingerprint density at radius 2 is 2.27 bits per heavy atom. The molecule has 6 heteroatoms. The maximum Gasteiger partial charge on any atom is 0.323 e. The van der Waals surface area contributed by atoms with Crippen LogP contribution in [0.1, 0.15) is 24.3 Å². The third kappa shape index (κ3) is 3.25. The first-order valence-corrected chi connectivity index (χ1v) is 4.82. The standard InChI is InChI=1S/C9H16N4O2/c1-5(2)6(10)3-11-8(14)7-4-12-9(15)13-7/h4-6H,3,10H2,1-2H3,(H,11,14)(H2,12,13,15). The Bertz CT molecular complexity index is 379. The molecular weight excluding hydrogens is 196 g/mol. The summed E-state index contributed by atoms with van der Waals surface area (Å²) in [5.74, 6) is -0.0278. The Morgan fingerprint density at radius 1 is 1.60 bits per heavy atom. The minimum Gasteiger partial charge on any atom is -0.349 e. The Morgan fingerprint density at radius 3 is 2.73 bits per heavy atom. The molecule has 0 saturated heterocycles. The number of hydrogen-bond acceptors (Lipinski definition) is 3. The highest BCUT2D eigenvalue weighted by Gasteiger charge is 2.11. The third-order valence-corrected chi connectivity index (χ3v) is 2.20. The van der Waals surface area contributed by atoms with E-state index in [0.29, 0.717) is 12.5 Å². The summed E-state index contributed by atoms with van der Waals surface area (Å²) in [6.45, 7) is 4.35. The van der Waals surface area contributed by atoms with Gasteiger partial charge in [-0.1, -0.05) is 13.8 Å². The summed E-state index contributed by atoms with van der Waals surface area (Å²) in [6, 6.07) is -0.0837. The van der Waals surface area contributed by atoms with Crippen LogP contribution in [0, 0.1) is 5.92 Å². The molecule has 0 saturated carbocycles. The first-order chi connectivity index (χ1) is 7.00. The van der Waals surface area contributed by atoms with Crippen LogP contribution in [0.5, 0.6) is 0 Å². The summed E-state index contributed by atoms with van der Waals surface area (Å²) in [6.07, 6.45) is 1.33. The van der Waals surface area contributed by atoms with Crippen molar-refractivity contribution in [2.75, 3.05) is 6.54 Å². The lowest BCUT2D eigenvalue weighted by atomic mass is 10.1. The molecule has 1 aromatic heterocycles. The van der Waals surface area contributed by atoms with Crippen LogP contribution in [-0.4, -0.2) is 28.5 Å². The summed E-state index contributed by atoms with van der Waals surface area (Å²) < 4.78 is 0. The summed E-state index contributed by atoms with van der Waals surface area (Å²) >= 11 is 0. The first kappa shape index (κ1) is 11.5. The third-order valence-electron chi connectivity index (χ3n) is 2.20. The molecule has 6 nitrogen and oxygen atoms in total. The molecule has 0 bridgehead atoms. The van der Waals surface area contributed by atoms with E-state index < -0.39 is 5.69 Å². The summed E-state index contributed by atoms with van der Waals surface area (Å²) in [5, 5.41) is 2.64. The maximum absolute atomic E-state index is 11.4. The summed E-state index contributed by atoms with van der Waals surface area (Å²) in [4.78, 5) is 26.9. The van der Waals surface area contributed by atoms with Crippen LogP contribution >= 0.6 is 0 Å². The number of carbonyl (C=O) groups is 1. The van der Waals surface area contributed by atoms with Gasteiger partial charge in [0.15, 0.2) is 0 Å². The molecule has 1 rings (SSSR count). The average Bonchev–Trinajstić information content (AvgIpc) is 2.60. The van der Waals surface area contributed by atoms with E-state index in [9.17, 15) is 9.59 Å². The Kier molecular flexibility index (Phi) is 3.68. The predicted octanol–water partition coefficient (Wildman–Crippen LogP) is -0.584. The second-order valence-electron chi connectivity index (χ2n) is 3.77. The van der Waals surface area contributed by atoms with Crippen LogP contribution in [-0.2, 0) is 0 Å². The smallest absolute Gasteiger partial charge is 0.323 e. The van der Waals surface area contributed by atoms with Crippen molar-refractivity contribution in [2.45, 2.75) is 19.9 Å². The Hall–Kier alpha value is -1.56. The van der Waals surface area contributed by atoms with E-state index in [1.807, 2.05) is 13.8 Å². The lowest BCUT2D eigenvalue weighted by Gasteiger charge is -2.15. The molecule has 1 amide bonds. The Labute approximate surface area is 87.3 Å². The van der Waals surface area contributed by atoms with Crippen molar-refractivity contribution in [3.8, 4) is 0 Å². The van der Waals surface area contributed by atoms with Crippen molar-refractivity contribution < 1.29 is 4.79 Å². The van der Waals surface area contributed by atoms with Gasteiger partial charge in [-0.2, -0.15) is 0 Å². The van der Waals surface area contributed by atoms with Crippen LogP contribution in [0.3, 0.4) is 0 Å². The predicted molar refractivity (Wildman–Crippen MR) is 56.6 cm³/mol. The minimum absolute atomic E-state index is 0.0837. The molecule has 0 aliphatic rings. The number of imidazole rings is 1. The van der Waals surface area contributed by atoms with E-state index in [1.165, 1.54) is 6.20 Å². The van der Waals surface area contributed by atoms with Crippen molar-refractivity contribution in [1.82, 2.24) is 15.3 Å². The first-order valence-electron chi connectivity index (χ1n) is 4.82. The zero-order chi connectivity index (χ0) is 11.4. The monoisotopic (exact) mass is 212 g/mol. The molecule has 0 aromatic carbocycles. The van der Waals surface area contributed by atoms with E-state index >= 15 is 0 Å². The second kappa shape index (κ2) is 4.79. The highest BCUT2D eigenvalue weighted by Crippen LogP contribution is 1.96. The van der Waals surface area contributed by atoms with Gasteiger partial charge < -0.3 is 21.0 Å². The van der Waals surface area contributed by atoms with Gasteiger partial charge in [0, 0.05) is 18.8 Å². The highest BCUT2D eigenvalue weighted by atomic mass is 16.2. The van der Waals surface area contributed by atoms with E-state index in [-0.39, 0.29) is 17.6 Å². The van der Waals surface area contributed by atoms with Gasteiger partial charge in [0.2, 0.25) is 0 Å². The molecule has 15 heavy (non-hydrogen) atoms. The number of carbonyl (C=O) groups excluding carboxylic acids is 1. The van der Waals surface area contributed by atoms with E-state index in [2.05, 4.69) is 15.3 Å². The number of rotatable bonds is 4. The van der Waals surface area contributed by atoms with Crippen LogP contribution in [0.4, 0.5) is 0 Å². The molecule has 0 fully saturated rings. The second-order valence-corrected chi connectivity index (χ2v) is 3.77. The number of aromatic amines is 2. The summed E-state index contributed by atoms with van der Waals surface area (Å²) in [5.41, 5.74) is 5.58. The topological polar surface area (TPSA) is 104 Å². The van der Waals surface area contributed by atoms with Gasteiger partial charge in [0.25, 0.3) is 5.91 Å². The van der Waals surface area contributed by atoms with Gasteiger partial charge in [-0.15, -0.1) is 0 Å². The molecule has 1 unspecified atom stereocenters. The molecule has 1 aromatic rings. The van der Waals surface area contributed by atoms with Gasteiger partial charge in [-0.05, 0) is 5.92 Å². The van der Waals surface area contributed by atoms with Gasteiger partial charge in [-0.3, -0.25) is 4.79 Å². The van der Waals surface area contributed by atoms with E-state index in [1.54, 1.807) is 0 Å². The molecule has 0 aliphatic heterocycles. The minimum atomic E-state index is -0.395. The molecular formula is C9H16N4O2. The van der Waals surface area contributed by atoms with Crippen molar-refractivity contribution in [3.63, 3.8) is 0 Å². The SMILES string of the molecule is CC(C)C(N)CNC(=O)c1c[nH]c(=O)[nH]1. The van der Waals surface area contributed by atoms with Crippen molar-refractivity contribution >= 4 is 5.91 Å². The molecule has 0 spiro atoms. The molecule has 84 valence electrons. The fraction of sp³-hybridized carbons (Fsp3) is 0.556. The van der Waals surface area contributed by atoms with E-state index in [0.717, 1.165) is 0 Å². The largest absolute Gasteiger partial charge is 0.349 e. The number of H-pyrrole nitrogens is 2. The highest BCUT2D eigenvalue weighted by molar-refractivity contribution is 5.91. The molecule has 1 atom stereocenters. The van der Waals surface area contributed by atoms with Crippen LogP contribution < -0.4 is 16.7 Å². The number of aromatic nitrogens is 2. The number of nitrogens with one attached hydrogen (secondary N) is 3. The van der Waals surface area contributed by atoms with Gasteiger partial charge in [0.1, 0.15) is 5.69 Å². The zero-order valence-electron chi connectivity index (χ0n) is 8.83. The quantitative estimate of drug-likeness (QED) is 0.536. The van der Waals surface area contributed by atoms with E-state index in [4.69, 9.17) is 5.73 Å². The van der Waals surface area contributed by atoms with Gasteiger partial charge >= 0.3 is 5.69 Å². The number of amides is 1. The van der Waals surface area contributed by atoms with Gasteiger partial charge in [0.05, 0.1) is 0 Å². The zero-order valence-corrected chi connectivity index (χ0v) is 8.83. The van der Waals surface area contributed by atoms with Crippen LogP contribution in [0.25, 0.3) is 0 Å². The fourth-order valence-electron chi connectivity index (χ4n) is 0.996.